The summed E-state index contributed by atoms with van der Waals surface area (Å²) in [4.78, 5) is 22.4. The van der Waals surface area contributed by atoms with Gasteiger partial charge in [-0.1, -0.05) is 24.3 Å². The molecule has 0 saturated carbocycles. The fraction of sp³-hybridized carbons (Fsp3) is 0.107. The number of para-hydroxylation sites is 1. The molecular formula is C28H23FN8O. The average molecular weight is 507 g/mol. The van der Waals surface area contributed by atoms with Crippen molar-refractivity contribution in [3.63, 3.8) is 0 Å². The van der Waals surface area contributed by atoms with E-state index in [0.717, 1.165) is 11.3 Å². The van der Waals surface area contributed by atoms with Gasteiger partial charge in [-0.3, -0.25) is 4.79 Å². The molecule has 10 heteroatoms. The Kier molecular flexibility index (Phi) is 5.76. The summed E-state index contributed by atoms with van der Waals surface area (Å²) in [6.07, 6.45) is 5.00. The van der Waals surface area contributed by atoms with Crippen LogP contribution in [0.2, 0.25) is 0 Å². The van der Waals surface area contributed by atoms with Crippen LogP contribution in [0.5, 0.6) is 0 Å². The van der Waals surface area contributed by atoms with Gasteiger partial charge in [0.05, 0.1) is 17.0 Å². The second kappa shape index (κ2) is 9.40. The highest BCUT2D eigenvalue weighted by molar-refractivity contribution is 6.05. The topological polar surface area (TPSA) is 103 Å². The van der Waals surface area contributed by atoms with Crippen LogP contribution in [0.4, 0.5) is 16.2 Å². The van der Waals surface area contributed by atoms with Crippen LogP contribution in [0.25, 0.3) is 16.9 Å². The molecule has 3 aromatic heterocycles. The van der Waals surface area contributed by atoms with Crippen molar-refractivity contribution >= 4 is 17.7 Å². The van der Waals surface area contributed by atoms with E-state index in [1.165, 1.54) is 18.5 Å². The van der Waals surface area contributed by atoms with Crippen molar-refractivity contribution in [2.45, 2.75) is 19.9 Å². The summed E-state index contributed by atoms with van der Waals surface area (Å²) in [5.41, 5.74) is 4.88. The molecule has 0 saturated heterocycles. The number of pyridine rings is 1. The average Bonchev–Trinajstić information content (AvgIpc) is 3.58. The van der Waals surface area contributed by atoms with Gasteiger partial charge in [-0.05, 0) is 61.9 Å². The van der Waals surface area contributed by atoms with Gasteiger partial charge in [0.2, 0.25) is 5.95 Å². The van der Waals surface area contributed by atoms with Gasteiger partial charge in [0.1, 0.15) is 24.0 Å². The Morgan fingerprint density at radius 1 is 1.00 bits per heavy atom. The molecule has 188 valence electrons. The molecule has 1 amide bonds. The number of aryl methyl sites for hydroxylation is 1. The minimum Gasteiger partial charge on any atom is -0.328 e. The predicted molar refractivity (Wildman–Crippen MR) is 141 cm³/mol. The van der Waals surface area contributed by atoms with Gasteiger partial charge in [-0.2, -0.15) is 15.2 Å². The maximum atomic E-state index is 13.8. The van der Waals surface area contributed by atoms with Crippen LogP contribution in [0, 0.1) is 12.7 Å². The van der Waals surface area contributed by atoms with E-state index in [0.29, 0.717) is 39.9 Å². The van der Waals surface area contributed by atoms with Gasteiger partial charge in [0.15, 0.2) is 0 Å². The normalized spacial score (nSPS) is 14.7. The molecule has 0 aliphatic carbocycles. The number of rotatable bonds is 5. The minimum absolute atomic E-state index is 0.338. The van der Waals surface area contributed by atoms with E-state index in [2.05, 4.69) is 25.7 Å². The Morgan fingerprint density at radius 3 is 2.53 bits per heavy atom. The van der Waals surface area contributed by atoms with Crippen LogP contribution in [-0.4, -0.2) is 35.4 Å². The molecule has 1 unspecified atom stereocenters. The van der Waals surface area contributed by atoms with E-state index in [1.807, 2.05) is 56.4 Å². The van der Waals surface area contributed by atoms with E-state index < -0.39 is 6.04 Å². The lowest BCUT2D eigenvalue weighted by molar-refractivity contribution is -0.113. The number of amides is 1. The first kappa shape index (κ1) is 23.3. The SMILES string of the molecule is CC1=C(C(=O)Nc2ccc(C)cn2)C(c2cn(-c3ccccc3)nc2-c2ccc(F)cc2)n2ncnc2N1. The molecule has 4 heterocycles. The summed E-state index contributed by atoms with van der Waals surface area (Å²) in [5.74, 6) is 0.243. The highest BCUT2D eigenvalue weighted by Gasteiger charge is 2.36. The first-order valence-corrected chi connectivity index (χ1v) is 12.0. The fourth-order valence-electron chi connectivity index (χ4n) is 4.53. The molecule has 2 N–H and O–H groups in total. The number of hydrogen-bond acceptors (Lipinski definition) is 6. The van der Waals surface area contributed by atoms with Crippen LogP contribution in [0.1, 0.15) is 24.1 Å². The summed E-state index contributed by atoms with van der Waals surface area (Å²) < 4.78 is 17.2. The number of aromatic nitrogens is 6. The van der Waals surface area contributed by atoms with E-state index in [-0.39, 0.29) is 11.7 Å². The summed E-state index contributed by atoms with van der Waals surface area (Å²) in [6.45, 7) is 3.75. The number of carbonyl (C=O) groups excluding carboxylic acids is 1. The summed E-state index contributed by atoms with van der Waals surface area (Å²) in [6, 6.07) is 18.7. The van der Waals surface area contributed by atoms with Crippen molar-refractivity contribution < 1.29 is 9.18 Å². The van der Waals surface area contributed by atoms with Crippen LogP contribution >= 0.6 is 0 Å². The number of fused-ring (bicyclic) bond motifs is 1. The lowest BCUT2D eigenvalue weighted by atomic mass is 9.93. The Morgan fingerprint density at radius 2 is 1.79 bits per heavy atom. The summed E-state index contributed by atoms with van der Waals surface area (Å²) >= 11 is 0. The number of carbonyl (C=O) groups is 1. The highest BCUT2D eigenvalue weighted by Crippen LogP contribution is 2.39. The molecular weight excluding hydrogens is 483 g/mol. The molecule has 9 nitrogen and oxygen atoms in total. The quantitative estimate of drug-likeness (QED) is 0.352. The van der Waals surface area contributed by atoms with Gasteiger partial charge >= 0.3 is 0 Å². The second-order valence-electron chi connectivity index (χ2n) is 8.99. The Hall–Kier alpha value is -5.12. The monoisotopic (exact) mass is 506 g/mol. The summed E-state index contributed by atoms with van der Waals surface area (Å²) in [7, 11) is 0. The molecule has 1 atom stereocenters. The van der Waals surface area contributed by atoms with Crippen molar-refractivity contribution in [1.29, 1.82) is 0 Å². The maximum absolute atomic E-state index is 13.8. The van der Waals surface area contributed by atoms with E-state index >= 15 is 0 Å². The zero-order valence-electron chi connectivity index (χ0n) is 20.6. The largest absolute Gasteiger partial charge is 0.328 e. The Labute approximate surface area is 217 Å². The fourth-order valence-corrected chi connectivity index (χ4v) is 4.53. The predicted octanol–water partition coefficient (Wildman–Crippen LogP) is 4.90. The third-order valence-electron chi connectivity index (χ3n) is 6.37. The molecule has 0 fully saturated rings. The molecule has 38 heavy (non-hydrogen) atoms. The van der Waals surface area contributed by atoms with Crippen molar-refractivity contribution in [3.8, 4) is 16.9 Å². The number of anilines is 2. The number of benzene rings is 2. The molecule has 0 spiro atoms. The Balaban J connectivity index is 1.52. The minimum atomic E-state index is -0.670. The van der Waals surface area contributed by atoms with Gasteiger partial charge in [-0.15, -0.1) is 0 Å². The van der Waals surface area contributed by atoms with E-state index in [1.54, 1.807) is 33.8 Å². The van der Waals surface area contributed by atoms with Crippen molar-refractivity contribution in [2.75, 3.05) is 10.6 Å². The van der Waals surface area contributed by atoms with Crippen LogP contribution < -0.4 is 10.6 Å². The zero-order valence-corrected chi connectivity index (χ0v) is 20.6. The van der Waals surface area contributed by atoms with Gasteiger partial charge < -0.3 is 10.6 Å². The number of nitrogens with zero attached hydrogens (tertiary/aromatic N) is 6. The number of halogens is 1. The van der Waals surface area contributed by atoms with Gasteiger partial charge in [0, 0.05) is 29.2 Å². The first-order chi connectivity index (χ1) is 18.5. The van der Waals surface area contributed by atoms with Crippen molar-refractivity contribution in [1.82, 2.24) is 29.5 Å². The molecule has 6 rings (SSSR count). The molecule has 1 aliphatic rings. The molecule has 0 radical (unpaired) electrons. The Bertz CT molecular complexity index is 1650. The zero-order chi connectivity index (χ0) is 26.2. The summed E-state index contributed by atoms with van der Waals surface area (Å²) in [5, 5.41) is 15.4. The van der Waals surface area contributed by atoms with Gasteiger partial charge in [-0.25, -0.2) is 18.7 Å². The van der Waals surface area contributed by atoms with E-state index in [4.69, 9.17) is 5.10 Å². The number of hydrogen-bond donors (Lipinski definition) is 2. The lowest BCUT2D eigenvalue weighted by Crippen LogP contribution is -2.31. The smallest absolute Gasteiger partial charge is 0.257 e. The third-order valence-corrected chi connectivity index (χ3v) is 6.37. The molecule has 1 aliphatic heterocycles. The molecule has 5 aromatic rings. The molecule has 0 bridgehead atoms. The highest BCUT2D eigenvalue weighted by atomic mass is 19.1. The van der Waals surface area contributed by atoms with Gasteiger partial charge in [0.25, 0.3) is 5.91 Å². The lowest BCUT2D eigenvalue weighted by Gasteiger charge is -2.28. The third kappa shape index (κ3) is 4.21. The van der Waals surface area contributed by atoms with Crippen LogP contribution in [0.15, 0.2) is 96.7 Å². The van der Waals surface area contributed by atoms with E-state index in [9.17, 15) is 9.18 Å². The first-order valence-electron chi connectivity index (χ1n) is 12.0. The maximum Gasteiger partial charge on any atom is 0.257 e. The number of nitrogens with one attached hydrogen (secondary N) is 2. The van der Waals surface area contributed by atoms with Crippen molar-refractivity contribution in [3.05, 3.63) is 114 Å². The van der Waals surface area contributed by atoms with Crippen molar-refractivity contribution in [2.24, 2.45) is 0 Å². The number of allylic oxidation sites excluding steroid dienone is 1. The van der Waals surface area contributed by atoms with Crippen LogP contribution in [0.3, 0.4) is 0 Å². The molecule has 2 aromatic carbocycles. The second-order valence-corrected chi connectivity index (χ2v) is 8.99. The van der Waals surface area contributed by atoms with Crippen LogP contribution in [-0.2, 0) is 4.79 Å². The standard InChI is InChI=1S/C28H23FN8O/c1-17-8-13-23(30-14-17)34-27(38)24-18(2)33-28-31-16-32-37(28)26(24)22-15-36(21-6-4-3-5-7-21)35-25(22)19-9-11-20(29)12-10-19/h3-16,26H,1-2H3,(H,30,34,38)(H,31,32,33).